The number of furan rings is 1. The van der Waals surface area contributed by atoms with E-state index < -0.39 is 17.6 Å². The Labute approximate surface area is 133 Å². The van der Waals surface area contributed by atoms with Gasteiger partial charge in [0, 0.05) is 5.70 Å². The SMILES string of the molecule is CC1=C(C(=O)OC(C)(C)C)[C@@H](c2ccc(C)o2)n2nnnc2N1. The number of rotatable bonds is 2. The molecular formula is C15H19N5O3. The van der Waals surface area contributed by atoms with Crippen LogP contribution in [0.25, 0.3) is 0 Å². The Hall–Kier alpha value is -2.64. The summed E-state index contributed by atoms with van der Waals surface area (Å²) in [6.45, 7) is 9.11. The summed E-state index contributed by atoms with van der Waals surface area (Å²) in [6.07, 6.45) is 0. The molecule has 0 amide bonds. The maximum absolute atomic E-state index is 12.7. The van der Waals surface area contributed by atoms with Crippen LogP contribution < -0.4 is 5.32 Å². The number of aromatic nitrogens is 4. The zero-order valence-electron chi connectivity index (χ0n) is 13.7. The predicted molar refractivity (Wildman–Crippen MR) is 81.6 cm³/mol. The molecule has 122 valence electrons. The third kappa shape index (κ3) is 2.84. The number of hydrogen-bond donors (Lipinski definition) is 1. The average Bonchev–Trinajstić information content (AvgIpc) is 3.03. The van der Waals surface area contributed by atoms with Crippen molar-refractivity contribution < 1.29 is 13.9 Å². The van der Waals surface area contributed by atoms with Crippen molar-refractivity contribution in [2.24, 2.45) is 0 Å². The van der Waals surface area contributed by atoms with E-state index in [9.17, 15) is 4.79 Å². The largest absolute Gasteiger partial charge is 0.464 e. The van der Waals surface area contributed by atoms with Gasteiger partial charge in [-0.3, -0.25) is 0 Å². The van der Waals surface area contributed by atoms with Crippen LogP contribution in [0.2, 0.25) is 0 Å². The van der Waals surface area contributed by atoms with Gasteiger partial charge in [0.25, 0.3) is 0 Å². The predicted octanol–water partition coefficient (Wildman–Crippen LogP) is 2.21. The number of tetrazole rings is 1. The van der Waals surface area contributed by atoms with Crippen LogP contribution in [-0.2, 0) is 9.53 Å². The number of fused-ring (bicyclic) bond motifs is 1. The van der Waals surface area contributed by atoms with Gasteiger partial charge in [0.1, 0.15) is 23.2 Å². The smallest absolute Gasteiger partial charge is 0.338 e. The van der Waals surface area contributed by atoms with Gasteiger partial charge >= 0.3 is 5.97 Å². The van der Waals surface area contributed by atoms with E-state index in [1.54, 1.807) is 6.92 Å². The van der Waals surface area contributed by atoms with Gasteiger partial charge in [0.2, 0.25) is 5.95 Å². The number of nitrogens with zero attached hydrogens (tertiary/aromatic N) is 4. The maximum atomic E-state index is 12.7. The second-order valence-corrected chi connectivity index (χ2v) is 6.46. The molecule has 23 heavy (non-hydrogen) atoms. The highest BCUT2D eigenvalue weighted by molar-refractivity contribution is 5.92. The first kappa shape index (κ1) is 15.3. The Kier molecular flexibility index (Phi) is 3.46. The molecule has 2 aromatic rings. The van der Waals surface area contributed by atoms with Crippen LogP contribution in [0.4, 0.5) is 5.95 Å². The second-order valence-electron chi connectivity index (χ2n) is 6.46. The molecule has 0 spiro atoms. The van der Waals surface area contributed by atoms with Gasteiger partial charge < -0.3 is 14.5 Å². The summed E-state index contributed by atoms with van der Waals surface area (Å²) in [5.41, 5.74) is 0.462. The van der Waals surface area contributed by atoms with Crippen LogP contribution in [0, 0.1) is 6.92 Å². The minimum Gasteiger partial charge on any atom is -0.464 e. The van der Waals surface area contributed by atoms with Crippen molar-refractivity contribution in [3.63, 3.8) is 0 Å². The van der Waals surface area contributed by atoms with Crippen molar-refractivity contribution in [1.29, 1.82) is 0 Å². The molecule has 3 heterocycles. The number of hydrogen-bond acceptors (Lipinski definition) is 7. The number of allylic oxidation sites excluding steroid dienone is 1. The summed E-state index contributed by atoms with van der Waals surface area (Å²) in [5.74, 6) is 1.35. The summed E-state index contributed by atoms with van der Waals surface area (Å²) in [6, 6.07) is 3.09. The molecule has 0 saturated carbocycles. The van der Waals surface area contributed by atoms with Crippen LogP contribution in [-0.4, -0.2) is 31.8 Å². The molecule has 0 unspecified atom stereocenters. The van der Waals surface area contributed by atoms with Crippen LogP contribution >= 0.6 is 0 Å². The summed E-state index contributed by atoms with van der Waals surface area (Å²) < 4.78 is 12.8. The molecule has 2 aromatic heterocycles. The van der Waals surface area contributed by atoms with Gasteiger partial charge in [-0.1, -0.05) is 5.10 Å². The van der Waals surface area contributed by atoms with Crippen LogP contribution in [0.15, 0.2) is 27.8 Å². The standard InChI is InChI=1S/C15H19N5O3/c1-8-6-7-10(22-8)12-11(13(21)23-15(3,4)5)9(2)16-14-17-18-19-20(12)14/h6-7,12H,1-5H3,(H,16,17,19)/t12-/m1/s1. The molecule has 3 rings (SSSR count). The van der Waals surface area contributed by atoms with E-state index in [-0.39, 0.29) is 0 Å². The zero-order valence-corrected chi connectivity index (χ0v) is 13.7. The van der Waals surface area contributed by atoms with E-state index in [1.807, 2.05) is 39.8 Å². The van der Waals surface area contributed by atoms with Gasteiger partial charge in [-0.2, -0.15) is 4.68 Å². The van der Waals surface area contributed by atoms with E-state index in [0.717, 1.165) is 5.76 Å². The summed E-state index contributed by atoms with van der Waals surface area (Å²) >= 11 is 0. The zero-order chi connectivity index (χ0) is 16.8. The number of esters is 1. The molecule has 0 bridgehead atoms. The molecule has 1 aliphatic heterocycles. The second kappa shape index (κ2) is 5.22. The number of anilines is 1. The lowest BCUT2D eigenvalue weighted by molar-refractivity contribution is -0.150. The van der Waals surface area contributed by atoms with Crippen molar-refractivity contribution in [1.82, 2.24) is 20.2 Å². The Balaban J connectivity index is 2.09. The number of carbonyl (C=O) groups excluding carboxylic acids is 1. The number of ether oxygens (including phenoxy) is 1. The Bertz CT molecular complexity index is 781. The van der Waals surface area contributed by atoms with Crippen LogP contribution in [0.5, 0.6) is 0 Å². The van der Waals surface area contributed by atoms with Crippen molar-refractivity contribution in [2.75, 3.05) is 5.32 Å². The van der Waals surface area contributed by atoms with Crippen molar-refractivity contribution >= 4 is 11.9 Å². The minimum absolute atomic E-state index is 0.425. The molecule has 0 saturated heterocycles. The third-order valence-corrected chi connectivity index (χ3v) is 3.36. The fourth-order valence-corrected chi connectivity index (χ4v) is 2.47. The first-order valence-corrected chi connectivity index (χ1v) is 7.31. The van der Waals surface area contributed by atoms with Gasteiger partial charge in [0.05, 0.1) is 5.57 Å². The highest BCUT2D eigenvalue weighted by Gasteiger charge is 2.38. The number of nitrogens with one attached hydrogen (secondary N) is 1. The lowest BCUT2D eigenvalue weighted by Gasteiger charge is -2.28. The van der Waals surface area contributed by atoms with E-state index >= 15 is 0 Å². The molecule has 8 nitrogen and oxygen atoms in total. The van der Waals surface area contributed by atoms with Crippen molar-refractivity contribution in [3.05, 3.63) is 34.9 Å². The molecule has 0 fully saturated rings. The number of aryl methyl sites for hydroxylation is 1. The maximum Gasteiger partial charge on any atom is 0.338 e. The molecule has 0 aromatic carbocycles. The lowest BCUT2D eigenvalue weighted by Crippen LogP contribution is -2.33. The van der Waals surface area contributed by atoms with Crippen LogP contribution in [0.1, 0.15) is 45.3 Å². The molecule has 1 atom stereocenters. The van der Waals surface area contributed by atoms with Crippen molar-refractivity contribution in [3.8, 4) is 0 Å². The fraction of sp³-hybridized carbons (Fsp3) is 0.467. The summed E-state index contributed by atoms with van der Waals surface area (Å²) in [5, 5.41) is 14.6. The van der Waals surface area contributed by atoms with Gasteiger partial charge in [-0.15, -0.1) is 0 Å². The van der Waals surface area contributed by atoms with Gasteiger partial charge in [0.15, 0.2) is 0 Å². The molecular weight excluding hydrogens is 298 g/mol. The normalized spacial score (nSPS) is 17.7. The first-order chi connectivity index (χ1) is 10.8. The van der Waals surface area contributed by atoms with Crippen molar-refractivity contribution in [2.45, 2.75) is 46.3 Å². The highest BCUT2D eigenvalue weighted by atomic mass is 16.6. The van der Waals surface area contributed by atoms with Gasteiger partial charge in [-0.25, -0.2) is 4.79 Å². The van der Waals surface area contributed by atoms with Crippen LogP contribution in [0.3, 0.4) is 0 Å². The average molecular weight is 317 g/mol. The third-order valence-electron chi connectivity index (χ3n) is 3.36. The molecule has 8 heteroatoms. The first-order valence-electron chi connectivity index (χ1n) is 7.31. The van der Waals surface area contributed by atoms with Gasteiger partial charge in [-0.05, 0) is 57.2 Å². The fourth-order valence-electron chi connectivity index (χ4n) is 2.47. The summed E-state index contributed by atoms with van der Waals surface area (Å²) in [4.78, 5) is 12.7. The highest BCUT2D eigenvalue weighted by Crippen LogP contribution is 2.36. The molecule has 0 aliphatic carbocycles. The molecule has 1 N–H and O–H groups in total. The van der Waals surface area contributed by atoms with E-state index in [1.165, 1.54) is 4.68 Å². The van der Waals surface area contributed by atoms with E-state index in [0.29, 0.717) is 23.0 Å². The Morgan fingerprint density at radius 1 is 1.35 bits per heavy atom. The number of carbonyl (C=O) groups is 1. The lowest BCUT2D eigenvalue weighted by atomic mass is 10.0. The quantitative estimate of drug-likeness (QED) is 0.848. The molecule has 1 aliphatic rings. The monoisotopic (exact) mass is 317 g/mol. The topological polar surface area (TPSA) is 95.1 Å². The van der Waals surface area contributed by atoms with E-state index in [2.05, 4.69) is 20.8 Å². The van der Waals surface area contributed by atoms with E-state index in [4.69, 9.17) is 9.15 Å². The summed E-state index contributed by atoms with van der Waals surface area (Å²) in [7, 11) is 0. The Morgan fingerprint density at radius 3 is 2.70 bits per heavy atom. The Morgan fingerprint density at radius 2 is 2.09 bits per heavy atom. The molecule has 0 radical (unpaired) electrons. The minimum atomic E-state index is -0.602.